The molecule has 0 spiro atoms. The Morgan fingerprint density at radius 2 is 1.10 bits per heavy atom. The molecule has 0 radical (unpaired) electrons. The van der Waals surface area contributed by atoms with E-state index in [9.17, 15) is 30.0 Å². The van der Waals surface area contributed by atoms with Gasteiger partial charge in [-0.05, 0) is 110 Å². The lowest BCUT2D eigenvalue weighted by Gasteiger charge is -2.16. The second-order valence-electron chi connectivity index (χ2n) is 10.7. The monoisotopic (exact) mass is 558 g/mol. The molecule has 0 aliphatic carbocycles. The van der Waals surface area contributed by atoms with Crippen molar-refractivity contribution in [3.05, 3.63) is 57.6 Å². The summed E-state index contributed by atoms with van der Waals surface area (Å²) in [7, 11) is 0. The average molecular weight is 559 g/mol. The van der Waals surface area contributed by atoms with Crippen LogP contribution in [0.5, 0.6) is 11.5 Å². The molecule has 0 aliphatic heterocycles. The fourth-order valence-corrected chi connectivity index (χ4v) is 6.07. The van der Waals surface area contributed by atoms with Crippen LogP contribution in [0, 0.1) is 25.7 Å². The molecule has 0 bridgehead atoms. The summed E-state index contributed by atoms with van der Waals surface area (Å²) in [4.78, 5) is 23.9. The van der Waals surface area contributed by atoms with Gasteiger partial charge < -0.3 is 20.4 Å². The minimum atomic E-state index is -0.832. The molecule has 6 nitrogen and oxygen atoms in total. The first-order valence-electron chi connectivity index (χ1n) is 14.2. The molecular formula is C32H46O6S. The molecule has 2 rings (SSSR count). The van der Waals surface area contributed by atoms with Crippen molar-refractivity contribution in [3.63, 3.8) is 0 Å². The maximum Gasteiger partial charge on any atom is 0.306 e. The first-order chi connectivity index (χ1) is 18.6. The van der Waals surface area contributed by atoms with Crippen molar-refractivity contribution in [1.82, 2.24) is 0 Å². The number of hydrogen-bond acceptors (Lipinski definition) is 5. The van der Waals surface area contributed by atoms with Gasteiger partial charge in [-0.15, -0.1) is 0 Å². The fraction of sp³-hybridized carbons (Fsp3) is 0.562. The zero-order valence-corrected chi connectivity index (χ0v) is 24.8. The van der Waals surface area contributed by atoms with E-state index in [1.165, 1.54) is 0 Å². The van der Waals surface area contributed by atoms with Crippen LogP contribution in [0.25, 0.3) is 0 Å². The van der Waals surface area contributed by atoms with E-state index in [2.05, 4.69) is 13.8 Å². The van der Waals surface area contributed by atoms with Crippen molar-refractivity contribution >= 4 is 23.7 Å². The molecule has 0 heterocycles. The zero-order valence-electron chi connectivity index (χ0n) is 24.0. The number of carboxylic acid groups (broad SMARTS) is 2. The van der Waals surface area contributed by atoms with Crippen LogP contribution in [0.15, 0.2) is 24.3 Å². The van der Waals surface area contributed by atoms with E-state index in [0.29, 0.717) is 48.7 Å². The topological polar surface area (TPSA) is 115 Å². The van der Waals surface area contributed by atoms with Gasteiger partial charge >= 0.3 is 11.9 Å². The van der Waals surface area contributed by atoms with Crippen LogP contribution in [0.2, 0.25) is 0 Å². The van der Waals surface area contributed by atoms with E-state index in [4.69, 9.17) is 0 Å². The lowest BCUT2D eigenvalue weighted by atomic mass is 9.93. The summed E-state index contributed by atoms with van der Waals surface area (Å²) in [6.07, 6.45) is 7.36. The quantitative estimate of drug-likeness (QED) is 0.144. The summed E-state index contributed by atoms with van der Waals surface area (Å²) in [5.41, 5.74) is 5.18. The molecule has 2 aromatic carbocycles. The van der Waals surface area contributed by atoms with Crippen LogP contribution in [0.1, 0.15) is 85.8 Å². The molecule has 0 amide bonds. The number of carbonyl (C=O) groups is 2. The summed E-state index contributed by atoms with van der Waals surface area (Å²) in [6, 6.07) is 7.64. The van der Waals surface area contributed by atoms with Gasteiger partial charge in [0.2, 0.25) is 0 Å². The summed E-state index contributed by atoms with van der Waals surface area (Å²) in [5.74, 6) is -0.827. The number of aryl methyl sites for hydroxylation is 4. The predicted octanol–water partition coefficient (Wildman–Crippen LogP) is 7.10. The van der Waals surface area contributed by atoms with Gasteiger partial charge in [0, 0.05) is 0 Å². The third-order valence-electron chi connectivity index (χ3n) is 7.36. The SMILES string of the molecule is CCCCc1cc(CC(CCSCCC(Cc2cc(C)c(O)c(CCCC)c2)C(=O)O)C(=O)O)cc(C)c1O. The van der Waals surface area contributed by atoms with Crippen LogP contribution in [0.3, 0.4) is 0 Å². The molecule has 0 saturated heterocycles. The molecule has 0 saturated carbocycles. The molecule has 2 unspecified atom stereocenters. The molecule has 0 aliphatic rings. The standard InChI is InChI=1S/C32H46O6S/c1-5-7-9-25-17-23(15-21(3)29(25)33)19-27(31(35)36)11-13-39-14-12-28(32(37)38)20-24-16-22(4)30(34)26(18-24)10-8-6-2/h15-18,27-28,33-34H,5-14,19-20H2,1-4H3,(H,35,36)(H,37,38). The summed E-state index contributed by atoms with van der Waals surface area (Å²) >= 11 is 1.60. The molecule has 7 heteroatoms. The number of aliphatic carboxylic acids is 2. The number of carboxylic acids is 2. The number of thioether (sulfide) groups is 1. The molecule has 0 aromatic heterocycles. The molecule has 0 fully saturated rings. The van der Waals surface area contributed by atoms with E-state index >= 15 is 0 Å². The maximum atomic E-state index is 12.0. The van der Waals surface area contributed by atoms with Crippen molar-refractivity contribution in [2.24, 2.45) is 11.8 Å². The second-order valence-corrected chi connectivity index (χ2v) is 11.9. The first-order valence-corrected chi connectivity index (χ1v) is 15.4. The minimum Gasteiger partial charge on any atom is -0.507 e. The van der Waals surface area contributed by atoms with Crippen LogP contribution in [0.4, 0.5) is 0 Å². The Morgan fingerprint density at radius 3 is 1.44 bits per heavy atom. The molecule has 2 aromatic rings. The number of benzene rings is 2. The third-order valence-corrected chi connectivity index (χ3v) is 8.41. The molecule has 39 heavy (non-hydrogen) atoms. The van der Waals surface area contributed by atoms with Crippen LogP contribution in [-0.2, 0) is 35.3 Å². The van der Waals surface area contributed by atoms with Gasteiger partial charge in [0.15, 0.2) is 0 Å². The van der Waals surface area contributed by atoms with Crippen LogP contribution < -0.4 is 0 Å². The van der Waals surface area contributed by atoms with Crippen molar-refractivity contribution in [1.29, 1.82) is 0 Å². The minimum absolute atomic E-state index is 0.308. The predicted molar refractivity (Wildman–Crippen MR) is 159 cm³/mol. The highest BCUT2D eigenvalue weighted by Gasteiger charge is 2.21. The Balaban J connectivity index is 1.93. The Kier molecular flexibility index (Phi) is 13.7. The third kappa shape index (κ3) is 10.4. The van der Waals surface area contributed by atoms with Gasteiger partial charge in [-0.1, -0.05) is 51.0 Å². The number of phenols is 2. The van der Waals surface area contributed by atoms with Crippen molar-refractivity contribution in [2.75, 3.05) is 11.5 Å². The highest BCUT2D eigenvalue weighted by Crippen LogP contribution is 2.29. The summed E-state index contributed by atoms with van der Waals surface area (Å²) in [5, 5.41) is 40.4. The van der Waals surface area contributed by atoms with Gasteiger partial charge in [-0.2, -0.15) is 11.8 Å². The summed E-state index contributed by atoms with van der Waals surface area (Å²) in [6.45, 7) is 7.90. The Morgan fingerprint density at radius 1 is 0.718 bits per heavy atom. The molecule has 216 valence electrons. The highest BCUT2D eigenvalue weighted by molar-refractivity contribution is 7.99. The normalized spacial score (nSPS) is 12.8. The highest BCUT2D eigenvalue weighted by atomic mass is 32.2. The Labute approximate surface area is 237 Å². The molecule has 2 atom stereocenters. The molecule has 4 N–H and O–H groups in total. The van der Waals surface area contributed by atoms with Crippen molar-refractivity contribution in [3.8, 4) is 11.5 Å². The lowest BCUT2D eigenvalue weighted by Crippen LogP contribution is -2.19. The first kappa shape index (κ1) is 32.5. The van der Waals surface area contributed by atoms with E-state index in [1.54, 1.807) is 11.8 Å². The van der Waals surface area contributed by atoms with Gasteiger partial charge in [-0.3, -0.25) is 9.59 Å². The second kappa shape index (κ2) is 16.4. The Bertz CT molecular complexity index is 1010. The van der Waals surface area contributed by atoms with Crippen LogP contribution >= 0.6 is 11.8 Å². The van der Waals surface area contributed by atoms with Gasteiger partial charge in [0.1, 0.15) is 11.5 Å². The maximum absolute atomic E-state index is 12.0. The van der Waals surface area contributed by atoms with E-state index in [1.807, 2.05) is 38.1 Å². The van der Waals surface area contributed by atoms with Gasteiger partial charge in [0.25, 0.3) is 0 Å². The van der Waals surface area contributed by atoms with Crippen molar-refractivity contribution in [2.45, 2.75) is 91.9 Å². The number of phenolic OH excluding ortho intramolecular Hbond substituents is 2. The zero-order chi connectivity index (χ0) is 28.9. The van der Waals surface area contributed by atoms with Crippen LogP contribution in [-0.4, -0.2) is 43.9 Å². The number of unbranched alkanes of at least 4 members (excludes halogenated alkanes) is 2. The number of rotatable bonds is 18. The largest absolute Gasteiger partial charge is 0.507 e. The van der Waals surface area contributed by atoms with E-state index < -0.39 is 23.8 Å². The van der Waals surface area contributed by atoms with E-state index in [-0.39, 0.29) is 0 Å². The summed E-state index contributed by atoms with van der Waals surface area (Å²) < 4.78 is 0. The van der Waals surface area contributed by atoms with Gasteiger partial charge in [0.05, 0.1) is 11.8 Å². The average Bonchev–Trinajstić information content (AvgIpc) is 2.88. The Hall–Kier alpha value is -2.67. The van der Waals surface area contributed by atoms with Crippen molar-refractivity contribution < 1.29 is 30.0 Å². The van der Waals surface area contributed by atoms with Gasteiger partial charge in [-0.25, -0.2) is 0 Å². The number of hydrogen-bond donors (Lipinski definition) is 4. The number of aromatic hydroxyl groups is 2. The van der Waals surface area contributed by atoms with E-state index in [0.717, 1.165) is 71.9 Å². The smallest absolute Gasteiger partial charge is 0.306 e. The lowest BCUT2D eigenvalue weighted by molar-refractivity contribution is -0.142. The fourth-order valence-electron chi connectivity index (χ4n) is 4.97. The molecular weight excluding hydrogens is 512 g/mol.